The molecule has 0 aliphatic carbocycles. The molecule has 0 radical (unpaired) electrons. The number of nitrogens with zero attached hydrogens (tertiary/aromatic N) is 3. The summed E-state index contributed by atoms with van der Waals surface area (Å²) in [5, 5.41) is 0. The highest BCUT2D eigenvalue weighted by molar-refractivity contribution is 8.38. The summed E-state index contributed by atoms with van der Waals surface area (Å²) in [6.07, 6.45) is -8.56. The van der Waals surface area contributed by atoms with Crippen molar-refractivity contribution in [3.8, 4) is 0 Å². The molecule has 0 bridgehead atoms. The maximum atomic E-state index is 13.5. The smallest absolute Gasteiger partial charge is 0.405 e. The van der Waals surface area contributed by atoms with Crippen LogP contribution in [0.4, 0.5) is 26.3 Å². The highest BCUT2D eigenvalue weighted by atomic mass is 32.2. The zero-order valence-electron chi connectivity index (χ0n) is 14.1. The van der Waals surface area contributed by atoms with Crippen LogP contribution in [-0.4, -0.2) is 46.8 Å². The second kappa shape index (κ2) is 7.74. The molecule has 0 unspecified atom stereocenters. The molecule has 12 heteroatoms. The first-order valence-electron chi connectivity index (χ1n) is 7.19. The average molecular weight is 429 g/mol. The Bertz CT molecular complexity index is 781. The molecule has 4 nitrogen and oxygen atoms in total. The molecular formula is C15H13F6N3OS2. The zero-order valence-corrected chi connectivity index (χ0v) is 15.8. The Morgan fingerprint density at radius 3 is 2.04 bits per heavy atom. The van der Waals surface area contributed by atoms with Gasteiger partial charge in [0.2, 0.25) is 5.90 Å². The topological polar surface area (TPSA) is 46.3 Å². The van der Waals surface area contributed by atoms with Crippen molar-refractivity contribution in [2.45, 2.75) is 24.9 Å². The molecular weight excluding hydrogens is 416 g/mol. The van der Waals surface area contributed by atoms with E-state index in [1.807, 2.05) is 0 Å². The van der Waals surface area contributed by atoms with Gasteiger partial charge in [0.15, 0.2) is 0 Å². The van der Waals surface area contributed by atoms with Crippen LogP contribution in [0.3, 0.4) is 0 Å². The highest BCUT2D eigenvalue weighted by Crippen LogP contribution is 2.48. The summed E-state index contributed by atoms with van der Waals surface area (Å²) in [7, 11) is 0. The SMILES string of the molecule is CSC(=NC1=NC(C(F)(F)F)(C(F)(F)F)N=C(c2ccccc2C)O1)SC. The molecule has 1 heterocycles. The molecule has 0 atom stereocenters. The molecule has 0 saturated carbocycles. The first kappa shape index (κ1) is 21.6. The Kier molecular flexibility index (Phi) is 6.19. The van der Waals surface area contributed by atoms with E-state index in [0.29, 0.717) is 5.56 Å². The van der Waals surface area contributed by atoms with Gasteiger partial charge in [0.1, 0.15) is 4.38 Å². The largest absolute Gasteiger partial charge is 0.443 e. The number of aryl methyl sites for hydroxylation is 1. The minimum Gasteiger partial charge on any atom is -0.405 e. The van der Waals surface area contributed by atoms with Crippen molar-refractivity contribution >= 4 is 39.8 Å². The quantitative estimate of drug-likeness (QED) is 0.357. The minimum absolute atomic E-state index is 0.0205. The van der Waals surface area contributed by atoms with E-state index in [9.17, 15) is 26.3 Å². The lowest BCUT2D eigenvalue weighted by Gasteiger charge is -2.33. The van der Waals surface area contributed by atoms with Crippen LogP contribution in [-0.2, 0) is 4.74 Å². The summed E-state index contributed by atoms with van der Waals surface area (Å²) in [4.78, 5) is 9.30. The zero-order chi connectivity index (χ0) is 20.5. The Balaban J connectivity index is 2.76. The van der Waals surface area contributed by atoms with Gasteiger partial charge in [-0.15, -0.1) is 23.5 Å². The molecule has 0 fully saturated rings. The van der Waals surface area contributed by atoms with Crippen LogP contribution in [0.1, 0.15) is 11.1 Å². The van der Waals surface area contributed by atoms with Crippen LogP contribution in [0.15, 0.2) is 39.2 Å². The normalized spacial score (nSPS) is 16.9. The Morgan fingerprint density at radius 2 is 1.56 bits per heavy atom. The average Bonchev–Trinajstić information content (AvgIpc) is 2.57. The molecule has 1 aliphatic rings. The van der Waals surface area contributed by atoms with Crippen LogP contribution >= 0.6 is 23.5 Å². The van der Waals surface area contributed by atoms with Crippen LogP contribution in [0.2, 0.25) is 0 Å². The molecule has 2 rings (SSSR count). The second-order valence-electron chi connectivity index (χ2n) is 5.18. The Morgan fingerprint density at radius 1 is 1.00 bits per heavy atom. The molecule has 0 N–H and O–H groups in total. The van der Waals surface area contributed by atoms with Crippen molar-refractivity contribution in [1.82, 2.24) is 0 Å². The summed E-state index contributed by atoms with van der Waals surface area (Å²) in [6, 6.07) is 4.78. The lowest BCUT2D eigenvalue weighted by atomic mass is 10.1. The number of benzene rings is 1. The van der Waals surface area contributed by atoms with E-state index in [1.54, 1.807) is 18.6 Å². The molecule has 0 saturated heterocycles. The Labute approximate surface area is 159 Å². The maximum Gasteiger partial charge on any atom is 0.443 e. The predicted octanol–water partition coefficient (Wildman–Crippen LogP) is 5.03. The van der Waals surface area contributed by atoms with Crippen LogP contribution in [0.25, 0.3) is 0 Å². The molecule has 1 aromatic rings. The van der Waals surface area contributed by atoms with Crippen molar-refractivity contribution < 1.29 is 31.1 Å². The Hall–Kier alpha value is -1.69. The van der Waals surface area contributed by atoms with Crippen molar-refractivity contribution in [3.63, 3.8) is 0 Å². The molecule has 1 aromatic carbocycles. The van der Waals surface area contributed by atoms with Gasteiger partial charge in [-0.1, -0.05) is 18.2 Å². The molecule has 0 amide bonds. The van der Waals surface area contributed by atoms with E-state index < -0.39 is 29.9 Å². The van der Waals surface area contributed by atoms with Gasteiger partial charge >= 0.3 is 24.0 Å². The number of thioether (sulfide) groups is 2. The van der Waals surface area contributed by atoms with Gasteiger partial charge in [-0.05, 0) is 31.1 Å². The number of alkyl halides is 6. The predicted molar refractivity (Wildman–Crippen MR) is 95.5 cm³/mol. The van der Waals surface area contributed by atoms with E-state index in [0.717, 1.165) is 23.5 Å². The van der Waals surface area contributed by atoms with E-state index in [4.69, 9.17) is 4.74 Å². The minimum atomic E-state index is -5.84. The van der Waals surface area contributed by atoms with Gasteiger partial charge in [0.05, 0.1) is 0 Å². The molecule has 148 valence electrons. The van der Waals surface area contributed by atoms with Gasteiger partial charge in [-0.25, -0.2) is 4.99 Å². The van der Waals surface area contributed by atoms with Crippen molar-refractivity contribution in [1.29, 1.82) is 0 Å². The lowest BCUT2D eigenvalue weighted by molar-refractivity contribution is -0.293. The molecule has 0 spiro atoms. The fourth-order valence-electron chi connectivity index (χ4n) is 2.09. The van der Waals surface area contributed by atoms with E-state index >= 15 is 0 Å². The van der Waals surface area contributed by atoms with Crippen molar-refractivity contribution in [2.75, 3.05) is 12.5 Å². The van der Waals surface area contributed by atoms with Crippen LogP contribution in [0.5, 0.6) is 0 Å². The van der Waals surface area contributed by atoms with Crippen molar-refractivity contribution in [3.05, 3.63) is 35.4 Å². The van der Waals surface area contributed by atoms with Gasteiger partial charge in [-0.2, -0.15) is 36.3 Å². The van der Waals surface area contributed by atoms with Gasteiger partial charge in [0.25, 0.3) is 0 Å². The fourth-order valence-corrected chi connectivity index (χ4v) is 3.09. The molecule has 27 heavy (non-hydrogen) atoms. The first-order chi connectivity index (χ1) is 12.4. The summed E-state index contributed by atoms with van der Waals surface area (Å²) >= 11 is 2.06. The summed E-state index contributed by atoms with van der Waals surface area (Å²) in [6.45, 7) is 1.51. The number of halogens is 6. The summed E-state index contributed by atoms with van der Waals surface area (Å²) in [5.74, 6) is -0.849. The third-order valence-corrected chi connectivity index (χ3v) is 5.29. The molecule has 0 aromatic heterocycles. The standard InChI is InChI=1S/C15H13F6N3OS2/c1-8-6-4-5-7-9(8)10-23-13(14(16,17)18,15(19,20)21)24-11(25-10)22-12(26-2)27-3/h4-7H,1-3H3. The lowest BCUT2D eigenvalue weighted by Crippen LogP contribution is -2.56. The number of aliphatic imine (C=N–C) groups is 3. The molecule has 1 aliphatic heterocycles. The van der Waals surface area contributed by atoms with Crippen LogP contribution in [0, 0.1) is 6.92 Å². The summed E-state index contributed by atoms with van der Waals surface area (Å²) < 4.78 is 86.3. The fraction of sp³-hybridized carbons (Fsp3) is 0.400. The van der Waals surface area contributed by atoms with E-state index in [-0.39, 0.29) is 9.94 Å². The third-order valence-electron chi connectivity index (χ3n) is 3.41. The number of amidine groups is 1. The number of rotatable bonds is 1. The van der Waals surface area contributed by atoms with Gasteiger partial charge in [-0.3, -0.25) is 0 Å². The maximum absolute atomic E-state index is 13.5. The number of ether oxygens (including phenoxy) is 1. The highest BCUT2D eigenvalue weighted by Gasteiger charge is 2.74. The third kappa shape index (κ3) is 4.26. The van der Waals surface area contributed by atoms with Gasteiger partial charge < -0.3 is 4.74 Å². The van der Waals surface area contributed by atoms with Crippen LogP contribution < -0.4 is 0 Å². The van der Waals surface area contributed by atoms with E-state index in [1.165, 1.54) is 25.1 Å². The van der Waals surface area contributed by atoms with E-state index in [2.05, 4.69) is 15.0 Å². The number of hydrogen-bond acceptors (Lipinski definition) is 6. The van der Waals surface area contributed by atoms with Gasteiger partial charge in [0, 0.05) is 5.56 Å². The first-order valence-corrected chi connectivity index (χ1v) is 9.64. The number of hydrogen-bond donors (Lipinski definition) is 0. The van der Waals surface area contributed by atoms with Crippen molar-refractivity contribution in [2.24, 2.45) is 15.0 Å². The monoisotopic (exact) mass is 429 g/mol. The summed E-state index contributed by atoms with van der Waals surface area (Å²) in [5.41, 5.74) is -4.33. The second-order valence-corrected chi connectivity index (χ2v) is 7.03.